The highest BCUT2D eigenvalue weighted by Crippen LogP contribution is 2.28. The van der Waals surface area contributed by atoms with Gasteiger partial charge in [-0.05, 0) is 35.4 Å². The van der Waals surface area contributed by atoms with Crippen LogP contribution in [0, 0.1) is 0 Å². The quantitative estimate of drug-likeness (QED) is 0.681. The molecule has 0 bridgehead atoms. The lowest BCUT2D eigenvalue weighted by Crippen LogP contribution is -1.82. The van der Waals surface area contributed by atoms with E-state index in [1.807, 2.05) is 30.3 Å². The Balaban J connectivity index is 2.27. The number of aromatic hydroxyl groups is 1. The summed E-state index contributed by atoms with van der Waals surface area (Å²) in [6, 6.07) is 17.3. The van der Waals surface area contributed by atoms with Gasteiger partial charge in [-0.25, -0.2) is 0 Å². The summed E-state index contributed by atoms with van der Waals surface area (Å²) in [7, 11) is 0. The van der Waals surface area contributed by atoms with Crippen LogP contribution in [0.25, 0.3) is 22.0 Å². The molecule has 0 radical (unpaired) electrons. The molecule has 0 fully saturated rings. The molecule has 3 rings (SSSR count). The lowest BCUT2D eigenvalue weighted by molar-refractivity contribution is 0.475. The lowest BCUT2D eigenvalue weighted by atomic mass is 10.0. The third-order valence-corrected chi connectivity index (χ3v) is 2.82. The van der Waals surface area contributed by atoms with Crippen LogP contribution in [0.15, 0.2) is 60.8 Å². The van der Waals surface area contributed by atoms with E-state index < -0.39 is 0 Å². The number of pyridine rings is 1. The molecule has 0 saturated carbocycles. The summed E-state index contributed by atoms with van der Waals surface area (Å²) in [4.78, 5) is 4.34. The molecule has 0 unspecified atom stereocenters. The Kier molecular flexibility index (Phi) is 2.26. The number of aromatic nitrogens is 1. The lowest BCUT2D eigenvalue weighted by Gasteiger charge is -2.06. The van der Waals surface area contributed by atoms with Gasteiger partial charge in [-0.1, -0.05) is 30.3 Å². The molecule has 2 heteroatoms. The molecule has 0 aliphatic rings. The second-order valence-electron chi connectivity index (χ2n) is 3.92. The second kappa shape index (κ2) is 3.91. The van der Waals surface area contributed by atoms with Crippen molar-refractivity contribution >= 4 is 10.9 Å². The molecule has 0 aliphatic carbocycles. The zero-order chi connectivity index (χ0) is 11.7. The number of benzene rings is 2. The van der Waals surface area contributed by atoms with Crippen molar-refractivity contribution in [2.45, 2.75) is 0 Å². The molecule has 0 aliphatic heterocycles. The zero-order valence-corrected chi connectivity index (χ0v) is 9.17. The standard InChI is InChI=1S/C15H11NO/c17-12-8-6-11(7-9-12)13-3-1-5-15-14(13)4-2-10-16-15/h1-10,17H. The largest absolute Gasteiger partial charge is 0.508 e. The van der Waals surface area contributed by atoms with Gasteiger partial charge in [0.25, 0.3) is 0 Å². The van der Waals surface area contributed by atoms with Gasteiger partial charge < -0.3 is 5.11 Å². The first kappa shape index (κ1) is 9.85. The molecule has 82 valence electrons. The highest BCUT2D eigenvalue weighted by atomic mass is 16.3. The van der Waals surface area contributed by atoms with Crippen molar-refractivity contribution in [2.24, 2.45) is 0 Å². The van der Waals surface area contributed by atoms with Gasteiger partial charge in [0.2, 0.25) is 0 Å². The average molecular weight is 221 g/mol. The summed E-state index contributed by atoms with van der Waals surface area (Å²) >= 11 is 0. The predicted octanol–water partition coefficient (Wildman–Crippen LogP) is 3.61. The molecular formula is C15H11NO. The SMILES string of the molecule is Oc1ccc(-c2cccc3ncccc23)cc1. The van der Waals surface area contributed by atoms with Gasteiger partial charge in [-0.3, -0.25) is 4.98 Å². The molecule has 0 atom stereocenters. The molecule has 2 nitrogen and oxygen atoms in total. The van der Waals surface area contributed by atoms with E-state index in [0.29, 0.717) is 0 Å². The summed E-state index contributed by atoms with van der Waals surface area (Å²) in [6.07, 6.45) is 1.79. The van der Waals surface area contributed by atoms with E-state index in [4.69, 9.17) is 0 Å². The number of rotatable bonds is 1. The topological polar surface area (TPSA) is 33.1 Å². The summed E-state index contributed by atoms with van der Waals surface area (Å²) in [5.41, 5.74) is 3.20. The van der Waals surface area contributed by atoms with Gasteiger partial charge in [0.05, 0.1) is 5.52 Å². The van der Waals surface area contributed by atoms with E-state index in [-0.39, 0.29) is 5.75 Å². The number of fused-ring (bicyclic) bond motifs is 1. The molecule has 0 amide bonds. The Labute approximate surface area is 99.2 Å². The first-order valence-corrected chi connectivity index (χ1v) is 5.48. The van der Waals surface area contributed by atoms with Gasteiger partial charge >= 0.3 is 0 Å². The summed E-state index contributed by atoms with van der Waals surface area (Å²) in [5, 5.41) is 10.4. The Morgan fingerprint density at radius 3 is 2.47 bits per heavy atom. The maximum absolute atomic E-state index is 9.30. The zero-order valence-electron chi connectivity index (χ0n) is 9.17. The van der Waals surface area contributed by atoms with Crippen molar-refractivity contribution in [2.75, 3.05) is 0 Å². The van der Waals surface area contributed by atoms with Crippen LogP contribution in [0.4, 0.5) is 0 Å². The van der Waals surface area contributed by atoms with Crippen molar-refractivity contribution < 1.29 is 5.11 Å². The molecule has 3 aromatic rings. The third-order valence-electron chi connectivity index (χ3n) is 2.82. The van der Waals surface area contributed by atoms with E-state index in [9.17, 15) is 5.11 Å². The summed E-state index contributed by atoms with van der Waals surface area (Å²) < 4.78 is 0. The van der Waals surface area contributed by atoms with E-state index in [2.05, 4.69) is 17.1 Å². The van der Waals surface area contributed by atoms with Crippen LogP contribution in [-0.2, 0) is 0 Å². The number of hydrogen-bond donors (Lipinski definition) is 1. The van der Waals surface area contributed by atoms with Crippen molar-refractivity contribution in [3.8, 4) is 16.9 Å². The average Bonchev–Trinajstić information content (AvgIpc) is 2.39. The van der Waals surface area contributed by atoms with Gasteiger partial charge in [0.1, 0.15) is 5.75 Å². The normalized spacial score (nSPS) is 10.6. The first-order chi connectivity index (χ1) is 8.34. The molecule has 17 heavy (non-hydrogen) atoms. The van der Waals surface area contributed by atoms with Gasteiger partial charge in [-0.2, -0.15) is 0 Å². The Hall–Kier alpha value is -2.35. The highest BCUT2D eigenvalue weighted by Gasteiger charge is 2.03. The van der Waals surface area contributed by atoms with Gasteiger partial charge in [-0.15, -0.1) is 0 Å². The fourth-order valence-electron chi connectivity index (χ4n) is 2.00. The maximum atomic E-state index is 9.30. The molecule has 1 heterocycles. The Morgan fingerprint density at radius 1 is 0.824 bits per heavy atom. The van der Waals surface area contributed by atoms with Crippen LogP contribution in [0.2, 0.25) is 0 Å². The molecule has 1 N–H and O–H groups in total. The van der Waals surface area contributed by atoms with Crippen LogP contribution in [0.3, 0.4) is 0 Å². The fourth-order valence-corrected chi connectivity index (χ4v) is 2.00. The van der Waals surface area contributed by atoms with Crippen LogP contribution in [0.1, 0.15) is 0 Å². The highest BCUT2D eigenvalue weighted by molar-refractivity contribution is 5.94. The summed E-state index contributed by atoms with van der Waals surface area (Å²) in [5.74, 6) is 0.284. The summed E-state index contributed by atoms with van der Waals surface area (Å²) in [6.45, 7) is 0. The van der Waals surface area contributed by atoms with Crippen molar-refractivity contribution in [3.63, 3.8) is 0 Å². The minimum atomic E-state index is 0.284. The minimum Gasteiger partial charge on any atom is -0.508 e. The smallest absolute Gasteiger partial charge is 0.115 e. The Morgan fingerprint density at radius 2 is 1.65 bits per heavy atom. The maximum Gasteiger partial charge on any atom is 0.115 e. The molecule has 0 spiro atoms. The Bertz CT molecular complexity index is 654. The first-order valence-electron chi connectivity index (χ1n) is 5.48. The van der Waals surface area contributed by atoms with Crippen molar-refractivity contribution in [1.82, 2.24) is 4.98 Å². The number of hydrogen-bond acceptors (Lipinski definition) is 2. The van der Waals surface area contributed by atoms with Crippen molar-refractivity contribution in [1.29, 1.82) is 0 Å². The second-order valence-corrected chi connectivity index (χ2v) is 3.92. The van der Waals surface area contributed by atoms with E-state index >= 15 is 0 Å². The monoisotopic (exact) mass is 221 g/mol. The number of phenols is 1. The van der Waals surface area contributed by atoms with Gasteiger partial charge in [0, 0.05) is 11.6 Å². The van der Waals surface area contributed by atoms with Crippen LogP contribution in [0.5, 0.6) is 5.75 Å². The van der Waals surface area contributed by atoms with Crippen LogP contribution < -0.4 is 0 Å². The molecular weight excluding hydrogens is 210 g/mol. The number of phenolic OH excluding ortho intramolecular Hbond substituents is 1. The third kappa shape index (κ3) is 1.74. The molecule has 0 saturated heterocycles. The fraction of sp³-hybridized carbons (Fsp3) is 0. The van der Waals surface area contributed by atoms with Gasteiger partial charge in [0.15, 0.2) is 0 Å². The minimum absolute atomic E-state index is 0.284. The van der Waals surface area contributed by atoms with E-state index in [1.165, 1.54) is 0 Å². The van der Waals surface area contributed by atoms with Crippen LogP contribution in [-0.4, -0.2) is 10.1 Å². The van der Waals surface area contributed by atoms with E-state index in [1.54, 1.807) is 18.3 Å². The predicted molar refractivity (Wildman–Crippen MR) is 68.8 cm³/mol. The molecule has 2 aromatic carbocycles. The number of nitrogens with zero attached hydrogens (tertiary/aromatic N) is 1. The molecule has 1 aromatic heterocycles. The van der Waals surface area contributed by atoms with Crippen LogP contribution >= 0.6 is 0 Å². The van der Waals surface area contributed by atoms with Crippen molar-refractivity contribution in [3.05, 3.63) is 60.8 Å². The van der Waals surface area contributed by atoms with E-state index in [0.717, 1.165) is 22.0 Å².